The van der Waals surface area contributed by atoms with E-state index in [-0.39, 0.29) is 0 Å². The summed E-state index contributed by atoms with van der Waals surface area (Å²) in [5, 5.41) is 9.80. The predicted molar refractivity (Wildman–Crippen MR) is 74.7 cm³/mol. The molecule has 2 nitrogen and oxygen atoms in total. The second-order valence-electron chi connectivity index (χ2n) is 4.81. The van der Waals surface area contributed by atoms with Gasteiger partial charge in [-0.3, -0.25) is 0 Å². The molecule has 0 aliphatic rings. The molecule has 0 saturated carbocycles. The van der Waals surface area contributed by atoms with Gasteiger partial charge in [0.2, 0.25) is 0 Å². The van der Waals surface area contributed by atoms with Crippen LogP contribution in [0.2, 0.25) is 0 Å². The van der Waals surface area contributed by atoms with Crippen LogP contribution in [0.4, 0.5) is 13.2 Å². The lowest BCUT2D eigenvalue weighted by molar-refractivity contribution is -0.137. The molecular formula is C16H11F3N2. The predicted octanol–water partition coefficient (Wildman–Crippen LogP) is 4.62. The minimum absolute atomic E-state index is 0.524. The lowest BCUT2D eigenvalue weighted by Gasteiger charge is -2.11. The summed E-state index contributed by atoms with van der Waals surface area (Å²) in [7, 11) is 0. The van der Waals surface area contributed by atoms with E-state index in [1.807, 2.05) is 24.3 Å². The molecule has 0 radical (unpaired) electrons. The second-order valence-corrected chi connectivity index (χ2v) is 4.81. The maximum atomic E-state index is 12.7. The van der Waals surface area contributed by atoms with Crippen LogP contribution in [0.1, 0.15) is 11.1 Å². The van der Waals surface area contributed by atoms with Gasteiger partial charge < -0.3 is 0 Å². The second kappa shape index (κ2) is 4.84. The van der Waals surface area contributed by atoms with Gasteiger partial charge in [-0.1, -0.05) is 30.3 Å². The summed E-state index contributed by atoms with van der Waals surface area (Å²) in [5.41, 5.74) is 1.12. The molecule has 3 rings (SSSR count). The van der Waals surface area contributed by atoms with Crippen LogP contribution in [0.5, 0.6) is 0 Å². The molecule has 21 heavy (non-hydrogen) atoms. The van der Waals surface area contributed by atoms with E-state index in [9.17, 15) is 13.2 Å². The van der Waals surface area contributed by atoms with Gasteiger partial charge in [0, 0.05) is 16.3 Å². The van der Waals surface area contributed by atoms with E-state index in [4.69, 9.17) is 0 Å². The Morgan fingerprint density at radius 2 is 1.76 bits per heavy atom. The number of hydrogen-bond acceptors (Lipinski definition) is 2. The third-order valence-electron chi connectivity index (χ3n) is 3.38. The number of aryl methyl sites for hydroxylation is 1. The first-order chi connectivity index (χ1) is 9.97. The molecule has 0 amide bonds. The van der Waals surface area contributed by atoms with Gasteiger partial charge >= 0.3 is 6.18 Å². The topological polar surface area (TPSA) is 25.8 Å². The Kier molecular flexibility index (Phi) is 3.12. The van der Waals surface area contributed by atoms with Gasteiger partial charge in [0.05, 0.1) is 11.8 Å². The Hall–Kier alpha value is -2.43. The molecular weight excluding hydrogens is 277 g/mol. The van der Waals surface area contributed by atoms with Crippen LogP contribution >= 0.6 is 0 Å². The highest BCUT2D eigenvalue weighted by atomic mass is 19.4. The zero-order valence-electron chi connectivity index (χ0n) is 11.1. The Bertz CT molecular complexity index is 805. The lowest BCUT2D eigenvalue weighted by atomic mass is 9.99. The normalized spacial score (nSPS) is 11.8. The van der Waals surface area contributed by atoms with Crippen molar-refractivity contribution in [3.05, 3.63) is 59.8 Å². The first-order valence-electron chi connectivity index (χ1n) is 6.35. The molecule has 0 N–H and O–H groups in total. The van der Waals surface area contributed by atoms with Gasteiger partial charge in [0.1, 0.15) is 5.69 Å². The van der Waals surface area contributed by atoms with Gasteiger partial charge in [-0.05, 0) is 24.6 Å². The van der Waals surface area contributed by atoms with E-state index in [0.29, 0.717) is 16.8 Å². The van der Waals surface area contributed by atoms with Crippen LogP contribution < -0.4 is 0 Å². The number of alkyl halides is 3. The summed E-state index contributed by atoms with van der Waals surface area (Å²) in [5.74, 6) is 0. The highest BCUT2D eigenvalue weighted by Crippen LogP contribution is 2.34. The molecule has 0 fully saturated rings. The molecule has 0 unspecified atom stereocenters. The van der Waals surface area contributed by atoms with Crippen LogP contribution in [0.15, 0.2) is 48.7 Å². The number of halogens is 3. The molecule has 0 saturated heterocycles. The quantitative estimate of drug-likeness (QED) is 0.652. The number of benzene rings is 2. The highest BCUT2D eigenvalue weighted by Gasteiger charge is 2.30. The van der Waals surface area contributed by atoms with Crippen molar-refractivity contribution in [2.45, 2.75) is 13.1 Å². The van der Waals surface area contributed by atoms with E-state index in [1.54, 1.807) is 13.1 Å². The summed E-state index contributed by atoms with van der Waals surface area (Å²) >= 11 is 0. The zero-order valence-corrected chi connectivity index (χ0v) is 11.1. The van der Waals surface area contributed by atoms with Crippen LogP contribution in [-0.4, -0.2) is 10.2 Å². The summed E-state index contributed by atoms with van der Waals surface area (Å²) in [6, 6.07) is 11.2. The zero-order chi connectivity index (χ0) is 15.0. The monoisotopic (exact) mass is 288 g/mol. The van der Waals surface area contributed by atoms with Gasteiger partial charge in [0.25, 0.3) is 0 Å². The number of fused-ring (bicyclic) bond motifs is 1. The fourth-order valence-corrected chi connectivity index (χ4v) is 2.33. The third-order valence-corrected chi connectivity index (χ3v) is 3.38. The minimum Gasteiger partial charge on any atom is -0.166 e. The molecule has 0 bridgehead atoms. The maximum Gasteiger partial charge on any atom is 0.416 e. The third kappa shape index (κ3) is 2.46. The van der Waals surface area contributed by atoms with E-state index < -0.39 is 11.7 Å². The molecule has 2 aromatic carbocycles. The average Bonchev–Trinajstić information content (AvgIpc) is 2.46. The standard InChI is InChI=1S/C16H11F3N2/c1-10-8-12(16(17,18)19)6-7-13(10)15-14-5-3-2-4-11(14)9-20-21-15/h2-9H,1H3. The van der Waals surface area contributed by atoms with Crippen molar-refractivity contribution < 1.29 is 13.2 Å². The summed E-state index contributed by atoms with van der Waals surface area (Å²) in [6.07, 6.45) is -2.70. The molecule has 5 heteroatoms. The minimum atomic E-state index is -4.34. The Morgan fingerprint density at radius 1 is 1.00 bits per heavy atom. The van der Waals surface area contributed by atoms with Gasteiger partial charge in [-0.2, -0.15) is 18.3 Å². The molecule has 3 aromatic rings. The Morgan fingerprint density at radius 3 is 2.48 bits per heavy atom. The lowest BCUT2D eigenvalue weighted by Crippen LogP contribution is -2.05. The van der Waals surface area contributed by atoms with Crippen molar-refractivity contribution in [1.82, 2.24) is 10.2 Å². The van der Waals surface area contributed by atoms with Crippen molar-refractivity contribution in [2.24, 2.45) is 0 Å². The molecule has 0 spiro atoms. The van der Waals surface area contributed by atoms with Crippen LogP contribution in [0.3, 0.4) is 0 Å². The highest BCUT2D eigenvalue weighted by molar-refractivity contribution is 5.94. The van der Waals surface area contributed by atoms with Crippen molar-refractivity contribution in [3.63, 3.8) is 0 Å². The Balaban J connectivity index is 2.20. The van der Waals surface area contributed by atoms with Gasteiger partial charge in [-0.25, -0.2) is 0 Å². The number of hydrogen-bond donors (Lipinski definition) is 0. The Labute approximate surface area is 119 Å². The first-order valence-corrected chi connectivity index (χ1v) is 6.35. The summed E-state index contributed by atoms with van der Waals surface area (Å²) in [6.45, 7) is 1.65. The fraction of sp³-hybridized carbons (Fsp3) is 0.125. The van der Waals surface area contributed by atoms with Crippen LogP contribution in [-0.2, 0) is 6.18 Å². The summed E-state index contributed by atoms with van der Waals surface area (Å²) < 4.78 is 38.2. The molecule has 1 aromatic heterocycles. The molecule has 0 atom stereocenters. The number of nitrogens with zero attached hydrogens (tertiary/aromatic N) is 2. The summed E-state index contributed by atoms with van der Waals surface area (Å²) in [4.78, 5) is 0. The van der Waals surface area contributed by atoms with Crippen molar-refractivity contribution >= 4 is 10.8 Å². The molecule has 1 heterocycles. The number of rotatable bonds is 1. The van der Waals surface area contributed by atoms with E-state index in [2.05, 4.69) is 10.2 Å². The van der Waals surface area contributed by atoms with E-state index >= 15 is 0 Å². The van der Waals surface area contributed by atoms with Gasteiger partial charge in [0.15, 0.2) is 0 Å². The maximum absolute atomic E-state index is 12.7. The van der Waals surface area contributed by atoms with Gasteiger partial charge in [-0.15, -0.1) is 5.10 Å². The van der Waals surface area contributed by atoms with Crippen LogP contribution in [0.25, 0.3) is 22.0 Å². The number of aromatic nitrogens is 2. The van der Waals surface area contributed by atoms with E-state index in [0.717, 1.165) is 22.9 Å². The van der Waals surface area contributed by atoms with Crippen LogP contribution in [0, 0.1) is 6.92 Å². The molecule has 106 valence electrons. The first kappa shape index (κ1) is 13.5. The molecule has 0 aliphatic carbocycles. The average molecular weight is 288 g/mol. The van der Waals surface area contributed by atoms with Crippen molar-refractivity contribution in [1.29, 1.82) is 0 Å². The smallest absolute Gasteiger partial charge is 0.166 e. The fourth-order valence-electron chi connectivity index (χ4n) is 2.33. The van der Waals surface area contributed by atoms with E-state index in [1.165, 1.54) is 6.07 Å². The van der Waals surface area contributed by atoms with Crippen molar-refractivity contribution in [2.75, 3.05) is 0 Å². The SMILES string of the molecule is Cc1cc(C(F)(F)F)ccc1-c1nncc2ccccc12. The molecule has 0 aliphatic heterocycles. The largest absolute Gasteiger partial charge is 0.416 e. The van der Waals surface area contributed by atoms with Crippen molar-refractivity contribution in [3.8, 4) is 11.3 Å².